The SMILES string of the molecule is Cc1ccnc2c1nc(C(C)Cl)n2CC1(C)CCCC1. The van der Waals surface area contributed by atoms with Crippen molar-refractivity contribution in [3.05, 3.63) is 23.7 Å². The van der Waals surface area contributed by atoms with Crippen molar-refractivity contribution in [1.82, 2.24) is 14.5 Å². The van der Waals surface area contributed by atoms with E-state index in [9.17, 15) is 0 Å². The Balaban J connectivity index is 2.12. The second kappa shape index (κ2) is 5.03. The van der Waals surface area contributed by atoms with Gasteiger partial charge >= 0.3 is 0 Å². The number of nitrogens with zero attached hydrogens (tertiary/aromatic N) is 3. The zero-order chi connectivity index (χ0) is 14.3. The number of halogens is 1. The van der Waals surface area contributed by atoms with E-state index in [1.165, 1.54) is 31.2 Å². The van der Waals surface area contributed by atoms with Crippen molar-refractivity contribution < 1.29 is 0 Å². The summed E-state index contributed by atoms with van der Waals surface area (Å²) in [5.74, 6) is 0.955. The number of aromatic nitrogens is 3. The monoisotopic (exact) mass is 291 g/mol. The predicted octanol–water partition coefficient (Wildman–Crippen LogP) is 4.62. The van der Waals surface area contributed by atoms with Crippen LogP contribution < -0.4 is 0 Å². The van der Waals surface area contributed by atoms with Gasteiger partial charge in [-0.3, -0.25) is 0 Å². The number of aryl methyl sites for hydroxylation is 1. The summed E-state index contributed by atoms with van der Waals surface area (Å²) >= 11 is 6.35. The summed E-state index contributed by atoms with van der Waals surface area (Å²) in [7, 11) is 0. The summed E-state index contributed by atoms with van der Waals surface area (Å²) in [6.45, 7) is 7.43. The molecule has 0 N–H and O–H groups in total. The molecule has 0 aliphatic heterocycles. The van der Waals surface area contributed by atoms with Crippen LogP contribution in [0.2, 0.25) is 0 Å². The number of hydrogen-bond donors (Lipinski definition) is 0. The van der Waals surface area contributed by atoms with Crippen molar-refractivity contribution in [2.24, 2.45) is 5.41 Å². The Hall–Kier alpha value is -1.09. The first-order valence-corrected chi connectivity index (χ1v) is 7.90. The maximum Gasteiger partial charge on any atom is 0.160 e. The largest absolute Gasteiger partial charge is 0.311 e. The lowest BCUT2D eigenvalue weighted by molar-refractivity contribution is 0.281. The lowest BCUT2D eigenvalue weighted by atomic mass is 9.89. The van der Waals surface area contributed by atoms with Crippen molar-refractivity contribution in [2.75, 3.05) is 0 Å². The summed E-state index contributed by atoms with van der Waals surface area (Å²) in [6, 6.07) is 2.01. The first-order valence-electron chi connectivity index (χ1n) is 7.46. The van der Waals surface area contributed by atoms with E-state index in [4.69, 9.17) is 16.6 Å². The maximum absolute atomic E-state index is 6.35. The fourth-order valence-corrected chi connectivity index (χ4v) is 3.55. The van der Waals surface area contributed by atoms with Crippen molar-refractivity contribution >= 4 is 22.8 Å². The van der Waals surface area contributed by atoms with E-state index in [0.29, 0.717) is 5.41 Å². The molecule has 0 aromatic carbocycles. The van der Waals surface area contributed by atoms with Gasteiger partial charge in [-0.2, -0.15) is 0 Å². The maximum atomic E-state index is 6.35. The minimum atomic E-state index is -0.0893. The van der Waals surface area contributed by atoms with Gasteiger partial charge in [-0.25, -0.2) is 9.97 Å². The van der Waals surface area contributed by atoms with Crippen LogP contribution in [0.15, 0.2) is 12.3 Å². The number of fused-ring (bicyclic) bond motifs is 1. The molecule has 3 rings (SSSR count). The van der Waals surface area contributed by atoms with Crippen LogP contribution in [-0.2, 0) is 6.54 Å². The third-order valence-corrected chi connectivity index (χ3v) is 4.77. The van der Waals surface area contributed by atoms with Crippen LogP contribution >= 0.6 is 11.6 Å². The van der Waals surface area contributed by atoms with Crippen molar-refractivity contribution in [1.29, 1.82) is 0 Å². The fraction of sp³-hybridized carbons (Fsp3) is 0.625. The first kappa shape index (κ1) is 13.9. The molecular weight excluding hydrogens is 270 g/mol. The van der Waals surface area contributed by atoms with E-state index < -0.39 is 0 Å². The van der Waals surface area contributed by atoms with E-state index in [1.54, 1.807) is 0 Å². The fourth-order valence-electron chi connectivity index (χ4n) is 3.38. The summed E-state index contributed by atoms with van der Waals surface area (Å²) in [5, 5.41) is -0.0893. The van der Waals surface area contributed by atoms with Crippen LogP contribution in [0, 0.1) is 12.3 Å². The molecular formula is C16H22ClN3. The highest BCUT2D eigenvalue weighted by molar-refractivity contribution is 6.20. The quantitative estimate of drug-likeness (QED) is 0.773. The second-order valence-corrected chi connectivity index (χ2v) is 7.14. The Morgan fingerprint density at radius 3 is 2.75 bits per heavy atom. The molecule has 1 atom stereocenters. The molecule has 0 amide bonds. The topological polar surface area (TPSA) is 30.7 Å². The van der Waals surface area contributed by atoms with Crippen LogP contribution in [-0.4, -0.2) is 14.5 Å². The molecule has 1 fully saturated rings. The molecule has 0 spiro atoms. The molecule has 2 aromatic heterocycles. The molecule has 108 valence electrons. The molecule has 1 aliphatic rings. The summed E-state index contributed by atoms with van der Waals surface area (Å²) in [5.41, 5.74) is 3.51. The lowest BCUT2D eigenvalue weighted by Gasteiger charge is -2.25. The predicted molar refractivity (Wildman–Crippen MR) is 83.1 cm³/mol. The average Bonchev–Trinajstić information content (AvgIpc) is 2.96. The normalized spacial score (nSPS) is 19.6. The van der Waals surface area contributed by atoms with Gasteiger partial charge in [0.1, 0.15) is 11.3 Å². The van der Waals surface area contributed by atoms with Gasteiger partial charge in [0.2, 0.25) is 0 Å². The molecule has 0 radical (unpaired) electrons. The molecule has 1 saturated carbocycles. The number of hydrogen-bond acceptors (Lipinski definition) is 2. The second-order valence-electron chi connectivity index (χ2n) is 6.49. The Morgan fingerprint density at radius 2 is 2.10 bits per heavy atom. The van der Waals surface area contributed by atoms with Crippen molar-refractivity contribution in [3.8, 4) is 0 Å². The minimum absolute atomic E-state index is 0.0893. The third kappa shape index (κ3) is 2.32. The molecule has 2 heterocycles. The standard InChI is InChI=1S/C16H22ClN3/c1-11-6-9-18-15-13(11)19-14(12(2)17)20(15)10-16(3)7-4-5-8-16/h6,9,12H,4-5,7-8,10H2,1-3H3. The highest BCUT2D eigenvalue weighted by Crippen LogP contribution is 2.40. The van der Waals surface area contributed by atoms with E-state index >= 15 is 0 Å². The molecule has 1 aliphatic carbocycles. The molecule has 2 aromatic rings. The van der Waals surface area contributed by atoms with Gasteiger partial charge in [0.25, 0.3) is 0 Å². The average molecular weight is 292 g/mol. The van der Waals surface area contributed by atoms with Crippen LogP contribution in [0.25, 0.3) is 11.2 Å². The van der Waals surface area contributed by atoms with E-state index in [2.05, 4.69) is 23.4 Å². The molecule has 4 heteroatoms. The van der Waals surface area contributed by atoms with Crippen LogP contribution in [0.1, 0.15) is 56.3 Å². The molecule has 1 unspecified atom stereocenters. The first-order chi connectivity index (χ1) is 9.50. The van der Waals surface area contributed by atoms with Gasteiger partial charge in [0, 0.05) is 12.7 Å². The van der Waals surface area contributed by atoms with Gasteiger partial charge < -0.3 is 4.57 Å². The van der Waals surface area contributed by atoms with Gasteiger partial charge in [-0.1, -0.05) is 19.8 Å². The zero-order valence-corrected chi connectivity index (χ0v) is 13.2. The lowest BCUT2D eigenvalue weighted by Crippen LogP contribution is -2.21. The highest BCUT2D eigenvalue weighted by Gasteiger charge is 2.31. The van der Waals surface area contributed by atoms with Gasteiger partial charge in [0.05, 0.1) is 5.38 Å². The molecule has 0 saturated heterocycles. The summed E-state index contributed by atoms with van der Waals surface area (Å²) in [6.07, 6.45) is 7.11. The smallest absolute Gasteiger partial charge is 0.160 e. The highest BCUT2D eigenvalue weighted by atomic mass is 35.5. The van der Waals surface area contributed by atoms with Gasteiger partial charge in [-0.05, 0) is 43.7 Å². The van der Waals surface area contributed by atoms with Crippen LogP contribution in [0.3, 0.4) is 0 Å². The third-order valence-electron chi connectivity index (χ3n) is 4.57. The van der Waals surface area contributed by atoms with Gasteiger partial charge in [-0.15, -0.1) is 11.6 Å². The summed E-state index contributed by atoms with van der Waals surface area (Å²) in [4.78, 5) is 9.31. The Morgan fingerprint density at radius 1 is 1.40 bits per heavy atom. The Kier molecular flexibility index (Phi) is 3.49. The molecule has 0 bridgehead atoms. The number of rotatable bonds is 3. The van der Waals surface area contributed by atoms with Crippen LogP contribution in [0.4, 0.5) is 0 Å². The Bertz CT molecular complexity index is 624. The Labute approximate surface area is 125 Å². The van der Waals surface area contributed by atoms with Crippen LogP contribution in [0.5, 0.6) is 0 Å². The van der Waals surface area contributed by atoms with Crippen molar-refractivity contribution in [3.63, 3.8) is 0 Å². The zero-order valence-electron chi connectivity index (χ0n) is 12.5. The van der Waals surface area contributed by atoms with E-state index in [1.807, 2.05) is 19.2 Å². The number of alkyl halides is 1. The van der Waals surface area contributed by atoms with E-state index in [-0.39, 0.29) is 5.38 Å². The molecule has 20 heavy (non-hydrogen) atoms. The number of pyridine rings is 1. The summed E-state index contributed by atoms with van der Waals surface area (Å²) < 4.78 is 2.26. The van der Waals surface area contributed by atoms with Crippen molar-refractivity contribution in [2.45, 2.75) is 58.4 Å². The number of imidazole rings is 1. The van der Waals surface area contributed by atoms with E-state index in [0.717, 1.165) is 23.5 Å². The minimum Gasteiger partial charge on any atom is -0.311 e. The molecule has 3 nitrogen and oxygen atoms in total. The van der Waals surface area contributed by atoms with Gasteiger partial charge in [0.15, 0.2) is 5.65 Å².